The summed E-state index contributed by atoms with van der Waals surface area (Å²) >= 11 is 1.27. The molecule has 0 unspecified atom stereocenters. The molecule has 2 N–H and O–H groups in total. The molecule has 2 aliphatic rings. The van der Waals surface area contributed by atoms with Crippen molar-refractivity contribution >= 4 is 17.2 Å². The lowest BCUT2D eigenvalue weighted by Gasteiger charge is -2.20. The van der Waals surface area contributed by atoms with E-state index in [9.17, 15) is 4.79 Å². The lowest BCUT2D eigenvalue weighted by Crippen LogP contribution is -2.42. The number of para-hydroxylation sites is 1. The molecule has 6 heteroatoms. The molecule has 2 aromatic rings. The molecule has 1 aromatic carbocycles. The maximum atomic E-state index is 12.3. The maximum Gasteiger partial charge on any atom is 0.280 e. The zero-order valence-corrected chi connectivity index (χ0v) is 12.8. The van der Waals surface area contributed by atoms with Crippen LogP contribution in [0.3, 0.4) is 0 Å². The van der Waals surface area contributed by atoms with E-state index in [1.54, 1.807) is 6.20 Å². The molecule has 22 heavy (non-hydrogen) atoms. The number of nitrogens with zero attached hydrogens (tertiary/aromatic N) is 1. The van der Waals surface area contributed by atoms with E-state index < -0.39 is 0 Å². The van der Waals surface area contributed by atoms with Gasteiger partial charge in [0, 0.05) is 18.1 Å². The number of carbonyl (C=O) groups is 1. The third kappa shape index (κ3) is 2.71. The van der Waals surface area contributed by atoms with E-state index in [-0.39, 0.29) is 11.9 Å². The first-order valence-electron chi connectivity index (χ1n) is 7.53. The molecule has 1 amide bonds. The number of hydrogen-bond donors (Lipinski definition) is 2. The van der Waals surface area contributed by atoms with Crippen molar-refractivity contribution in [3.05, 3.63) is 41.5 Å². The summed E-state index contributed by atoms with van der Waals surface area (Å²) in [6, 6.07) is 10.7. The van der Waals surface area contributed by atoms with E-state index in [1.165, 1.54) is 17.8 Å². The smallest absolute Gasteiger partial charge is 0.280 e. The van der Waals surface area contributed by atoms with Crippen LogP contribution in [0.4, 0.5) is 0 Å². The van der Waals surface area contributed by atoms with Gasteiger partial charge in [0.05, 0.1) is 6.20 Å². The van der Waals surface area contributed by atoms with Gasteiger partial charge in [-0.3, -0.25) is 4.79 Å². The second kappa shape index (κ2) is 5.70. The average Bonchev–Trinajstić information content (AvgIpc) is 3.24. The van der Waals surface area contributed by atoms with Crippen LogP contribution in [0.1, 0.15) is 29.1 Å². The van der Waals surface area contributed by atoms with Crippen LogP contribution < -0.4 is 15.4 Å². The van der Waals surface area contributed by atoms with Crippen molar-refractivity contribution in [2.75, 3.05) is 0 Å². The van der Waals surface area contributed by atoms with Crippen molar-refractivity contribution in [1.29, 1.82) is 0 Å². The number of hydrogen-bond acceptors (Lipinski definition) is 5. The van der Waals surface area contributed by atoms with E-state index in [2.05, 4.69) is 15.6 Å². The zero-order chi connectivity index (χ0) is 14.9. The standard InChI is InChI=1S/C16H17N3O2S/c20-15(19-13-8-10-6-7-12(13)18-10)16-17-9-14(22-16)21-11-4-2-1-3-5-11/h1-5,9-10,12-13,18H,6-8H2,(H,19,20)/t10-,12+,13-/m1/s1. The van der Waals surface area contributed by atoms with Gasteiger partial charge in [0.25, 0.3) is 5.91 Å². The Kier molecular flexibility index (Phi) is 3.56. The number of rotatable bonds is 4. The van der Waals surface area contributed by atoms with Crippen LogP contribution in [0.5, 0.6) is 10.8 Å². The SMILES string of the molecule is O=C(N[C@@H]1C[C@H]2CC[C@@H]1N2)c1ncc(Oc2ccccc2)s1. The maximum absolute atomic E-state index is 12.3. The number of amides is 1. The first-order valence-corrected chi connectivity index (χ1v) is 8.35. The third-order valence-corrected chi connectivity index (χ3v) is 5.13. The number of benzene rings is 1. The van der Waals surface area contributed by atoms with Gasteiger partial charge in [-0.25, -0.2) is 4.98 Å². The number of fused-ring (bicyclic) bond motifs is 2. The van der Waals surface area contributed by atoms with Crippen LogP contribution >= 0.6 is 11.3 Å². The van der Waals surface area contributed by atoms with Gasteiger partial charge in [0.2, 0.25) is 5.06 Å². The van der Waals surface area contributed by atoms with E-state index in [0.29, 0.717) is 22.2 Å². The molecule has 0 aliphatic carbocycles. The van der Waals surface area contributed by atoms with Gasteiger partial charge in [-0.05, 0) is 31.4 Å². The predicted octanol–water partition coefficient (Wildman–Crippen LogP) is 2.56. The minimum absolute atomic E-state index is 0.104. The Labute approximate surface area is 132 Å². The Balaban J connectivity index is 1.39. The largest absolute Gasteiger partial charge is 0.445 e. The Morgan fingerprint density at radius 2 is 2.18 bits per heavy atom. The van der Waals surface area contributed by atoms with Gasteiger partial charge in [-0.15, -0.1) is 0 Å². The second-order valence-electron chi connectivity index (χ2n) is 5.76. The Bertz CT molecular complexity index is 673. The van der Waals surface area contributed by atoms with Crippen LogP contribution in [-0.4, -0.2) is 29.0 Å². The summed E-state index contributed by atoms with van der Waals surface area (Å²) in [6.45, 7) is 0. The number of thiazole rings is 1. The highest BCUT2D eigenvalue weighted by molar-refractivity contribution is 7.15. The molecular weight excluding hydrogens is 298 g/mol. The summed E-state index contributed by atoms with van der Waals surface area (Å²) < 4.78 is 5.69. The van der Waals surface area contributed by atoms with Gasteiger partial charge in [-0.1, -0.05) is 29.5 Å². The summed E-state index contributed by atoms with van der Waals surface area (Å²) in [5.41, 5.74) is 0. The van der Waals surface area contributed by atoms with Gasteiger partial charge in [-0.2, -0.15) is 0 Å². The van der Waals surface area contributed by atoms with Crippen LogP contribution in [0, 0.1) is 0 Å². The Morgan fingerprint density at radius 3 is 2.91 bits per heavy atom. The van der Waals surface area contributed by atoms with Gasteiger partial charge < -0.3 is 15.4 Å². The fourth-order valence-corrected chi connectivity index (χ4v) is 3.92. The van der Waals surface area contributed by atoms with Crippen molar-refractivity contribution in [3.8, 4) is 10.8 Å². The van der Waals surface area contributed by atoms with E-state index >= 15 is 0 Å². The average molecular weight is 315 g/mol. The van der Waals surface area contributed by atoms with Crippen LogP contribution in [0.15, 0.2) is 36.5 Å². The van der Waals surface area contributed by atoms with E-state index in [1.807, 2.05) is 30.3 Å². The van der Waals surface area contributed by atoms with Gasteiger partial charge in [0.1, 0.15) is 5.75 Å². The second-order valence-corrected chi connectivity index (χ2v) is 6.76. The lowest BCUT2D eigenvalue weighted by molar-refractivity contribution is 0.0930. The number of carbonyl (C=O) groups excluding carboxylic acids is 1. The van der Waals surface area contributed by atoms with E-state index in [4.69, 9.17) is 4.74 Å². The molecule has 0 spiro atoms. The summed E-state index contributed by atoms with van der Waals surface area (Å²) in [5.74, 6) is 0.641. The number of ether oxygens (including phenoxy) is 1. The monoisotopic (exact) mass is 315 g/mol. The van der Waals surface area contributed by atoms with Crippen molar-refractivity contribution in [3.63, 3.8) is 0 Å². The molecule has 2 fully saturated rings. The Morgan fingerprint density at radius 1 is 1.32 bits per heavy atom. The molecule has 2 saturated heterocycles. The number of aromatic nitrogens is 1. The molecule has 2 bridgehead atoms. The first kappa shape index (κ1) is 13.7. The lowest BCUT2D eigenvalue weighted by atomic mass is 9.95. The molecule has 3 atom stereocenters. The normalized spacial score (nSPS) is 26.1. The van der Waals surface area contributed by atoms with Gasteiger partial charge >= 0.3 is 0 Å². The zero-order valence-electron chi connectivity index (χ0n) is 12.0. The summed E-state index contributed by atoms with van der Waals surface area (Å²) in [4.78, 5) is 16.5. The van der Waals surface area contributed by atoms with Crippen LogP contribution in [0.25, 0.3) is 0 Å². The molecule has 0 radical (unpaired) electrons. The van der Waals surface area contributed by atoms with Crippen LogP contribution in [0.2, 0.25) is 0 Å². The highest BCUT2D eigenvalue weighted by Gasteiger charge is 2.39. The summed E-state index contributed by atoms with van der Waals surface area (Å²) in [5, 5.41) is 7.69. The van der Waals surface area contributed by atoms with Crippen LogP contribution in [-0.2, 0) is 0 Å². The molecule has 5 nitrogen and oxygen atoms in total. The highest BCUT2D eigenvalue weighted by Crippen LogP contribution is 2.30. The predicted molar refractivity (Wildman–Crippen MR) is 84.4 cm³/mol. The Hall–Kier alpha value is -1.92. The fourth-order valence-electron chi connectivity index (χ4n) is 3.23. The topological polar surface area (TPSA) is 63.2 Å². The molecule has 0 saturated carbocycles. The van der Waals surface area contributed by atoms with Crippen molar-refractivity contribution in [2.45, 2.75) is 37.4 Å². The van der Waals surface area contributed by atoms with Crippen molar-refractivity contribution in [2.24, 2.45) is 0 Å². The van der Waals surface area contributed by atoms with Crippen molar-refractivity contribution < 1.29 is 9.53 Å². The number of nitrogens with one attached hydrogen (secondary N) is 2. The molecule has 4 rings (SSSR count). The quantitative estimate of drug-likeness (QED) is 0.910. The summed E-state index contributed by atoms with van der Waals surface area (Å²) in [6.07, 6.45) is 5.00. The minimum Gasteiger partial charge on any atom is -0.445 e. The minimum atomic E-state index is -0.104. The van der Waals surface area contributed by atoms with E-state index in [0.717, 1.165) is 18.6 Å². The molecule has 2 aliphatic heterocycles. The van der Waals surface area contributed by atoms with Gasteiger partial charge in [0.15, 0.2) is 5.01 Å². The molecule has 3 heterocycles. The third-order valence-electron chi connectivity index (χ3n) is 4.26. The molecule has 1 aromatic heterocycles. The molecular formula is C16H17N3O2S. The fraction of sp³-hybridized carbons (Fsp3) is 0.375. The van der Waals surface area contributed by atoms with Crippen molar-refractivity contribution in [1.82, 2.24) is 15.6 Å². The highest BCUT2D eigenvalue weighted by atomic mass is 32.1. The first-order chi connectivity index (χ1) is 10.8. The molecule has 114 valence electrons. The summed E-state index contributed by atoms with van der Waals surface area (Å²) in [7, 11) is 0.